The van der Waals surface area contributed by atoms with Crippen molar-refractivity contribution in [1.29, 1.82) is 0 Å². The number of nitrogens with zero attached hydrogens (tertiary/aromatic N) is 3. The van der Waals surface area contributed by atoms with Crippen molar-refractivity contribution in [1.82, 2.24) is 9.97 Å². The molecule has 0 N–H and O–H groups in total. The van der Waals surface area contributed by atoms with Gasteiger partial charge >= 0.3 is 0 Å². The van der Waals surface area contributed by atoms with Gasteiger partial charge in [-0.05, 0) is 13.3 Å². The monoisotopic (exact) mass is 227 g/mol. The lowest BCUT2D eigenvalue weighted by molar-refractivity contribution is 0.256. The van der Waals surface area contributed by atoms with Gasteiger partial charge in [-0.25, -0.2) is 9.97 Å². The highest BCUT2D eigenvalue weighted by Gasteiger charge is 2.28. The molecule has 82 valence electrons. The minimum atomic E-state index is 0.383. The zero-order valence-electron chi connectivity index (χ0n) is 8.90. The van der Waals surface area contributed by atoms with Gasteiger partial charge in [0.05, 0.1) is 6.04 Å². The van der Waals surface area contributed by atoms with Crippen LogP contribution in [-0.2, 0) is 0 Å². The molecule has 1 aliphatic rings. The van der Waals surface area contributed by atoms with Crippen molar-refractivity contribution in [3.8, 4) is 5.75 Å². The Kier molecular flexibility index (Phi) is 2.95. The number of rotatable bonds is 2. The third kappa shape index (κ3) is 1.74. The summed E-state index contributed by atoms with van der Waals surface area (Å²) in [5.41, 5.74) is 0. The summed E-state index contributed by atoms with van der Waals surface area (Å²) in [6.07, 6.45) is 2.51. The van der Waals surface area contributed by atoms with Gasteiger partial charge in [0, 0.05) is 6.54 Å². The third-order valence-electron chi connectivity index (χ3n) is 2.69. The largest absolute Gasteiger partial charge is 0.485 e. The van der Waals surface area contributed by atoms with Gasteiger partial charge < -0.3 is 9.64 Å². The molecule has 2 heterocycles. The van der Waals surface area contributed by atoms with Crippen LogP contribution in [0.3, 0.4) is 0 Å². The Hall–Kier alpha value is -1.03. The number of fused-ring (bicyclic) bond motifs is 1. The lowest BCUT2D eigenvalue weighted by Gasteiger charge is -2.36. The summed E-state index contributed by atoms with van der Waals surface area (Å²) in [7, 11) is 0. The third-order valence-corrected chi connectivity index (χ3v) is 2.96. The van der Waals surface area contributed by atoms with E-state index in [9.17, 15) is 0 Å². The van der Waals surface area contributed by atoms with Crippen molar-refractivity contribution >= 4 is 17.4 Å². The molecule has 0 aromatic carbocycles. The summed E-state index contributed by atoms with van der Waals surface area (Å²) in [5.74, 6) is 1.43. The van der Waals surface area contributed by atoms with Gasteiger partial charge in [-0.1, -0.05) is 18.5 Å². The van der Waals surface area contributed by atoms with E-state index in [1.165, 1.54) is 6.33 Å². The average Bonchev–Trinajstić information content (AvgIpc) is 2.28. The highest BCUT2D eigenvalue weighted by atomic mass is 35.5. The van der Waals surface area contributed by atoms with Crippen LogP contribution in [0.25, 0.3) is 0 Å². The maximum atomic E-state index is 5.95. The van der Waals surface area contributed by atoms with E-state index >= 15 is 0 Å². The number of hydrogen-bond donors (Lipinski definition) is 0. The van der Waals surface area contributed by atoms with Gasteiger partial charge in [-0.3, -0.25) is 0 Å². The molecule has 0 amide bonds. The highest BCUT2D eigenvalue weighted by molar-refractivity contribution is 6.31. The van der Waals surface area contributed by atoms with Gasteiger partial charge in [-0.15, -0.1) is 0 Å². The second-order valence-electron chi connectivity index (χ2n) is 3.48. The smallest absolute Gasteiger partial charge is 0.199 e. The SMILES string of the molecule is CCC1COc2c(Cl)ncnc2N1CC. The number of ether oxygens (including phenoxy) is 1. The first kappa shape index (κ1) is 10.5. The molecule has 15 heavy (non-hydrogen) atoms. The Labute approximate surface area is 94.2 Å². The first-order chi connectivity index (χ1) is 7.27. The molecule has 0 bridgehead atoms. The standard InChI is InChI=1S/C10H14ClN3O/c1-3-7-5-15-8-9(11)12-6-13-10(8)14(7)4-2/h6-7H,3-5H2,1-2H3. The fourth-order valence-corrected chi connectivity index (χ4v) is 2.04. The lowest BCUT2D eigenvalue weighted by atomic mass is 10.1. The molecule has 0 spiro atoms. The van der Waals surface area contributed by atoms with Crippen molar-refractivity contribution in [2.45, 2.75) is 26.3 Å². The van der Waals surface area contributed by atoms with Crippen LogP contribution in [0, 0.1) is 0 Å². The minimum Gasteiger partial charge on any atom is -0.485 e. The molecule has 1 aromatic heterocycles. The van der Waals surface area contributed by atoms with E-state index in [-0.39, 0.29) is 0 Å². The van der Waals surface area contributed by atoms with E-state index in [4.69, 9.17) is 16.3 Å². The van der Waals surface area contributed by atoms with Crippen molar-refractivity contribution < 1.29 is 4.74 Å². The molecule has 1 unspecified atom stereocenters. The number of likely N-dealkylation sites (N-methyl/N-ethyl adjacent to an activating group) is 1. The molecule has 1 atom stereocenters. The molecule has 2 rings (SSSR count). The number of halogens is 1. The van der Waals surface area contributed by atoms with E-state index in [0.29, 0.717) is 23.6 Å². The Balaban J connectivity index is 2.41. The Morgan fingerprint density at radius 2 is 2.33 bits per heavy atom. The Morgan fingerprint density at radius 1 is 1.53 bits per heavy atom. The number of hydrogen-bond acceptors (Lipinski definition) is 4. The highest BCUT2D eigenvalue weighted by Crippen LogP contribution is 2.36. The average molecular weight is 228 g/mol. The molecule has 0 radical (unpaired) electrons. The molecule has 0 saturated carbocycles. The van der Waals surface area contributed by atoms with Crippen LogP contribution in [0.15, 0.2) is 6.33 Å². The molecule has 4 nitrogen and oxygen atoms in total. The van der Waals surface area contributed by atoms with E-state index < -0.39 is 0 Å². The summed E-state index contributed by atoms with van der Waals surface area (Å²) < 4.78 is 5.59. The molecule has 1 aromatic rings. The van der Waals surface area contributed by atoms with Crippen LogP contribution in [-0.4, -0.2) is 29.2 Å². The second kappa shape index (κ2) is 4.23. The first-order valence-corrected chi connectivity index (χ1v) is 5.55. The van der Waals surface area contributed by atoms with E-state index in [0.717, 1.165) is 18.8 Å². The zero-order chi connectivity index (χ0) is 10.8. The summed E-state index contributed by atoms with van der Waals surface area (Å²) in [6, 6.07) is 0.383. The number of anilines is 1. The van der Waals surface area contributed by atoms with Crippen LogP contribution < -0.4 is 9.64 Å². The van der Waals surface area contributed by atoms with Gasteiger partial charge in [0.2, 0.25) is 0 Å². The summed E-state index contributed by atoms with van der Waals surface area (Å²) in [5, 5.41) is 0.396. The zero-order valence-corrected chi connectivity index (χ0v) is 9.66. The molecule has 0 saturated heterocycles. The lowest BCUT2D eigenvalue weighted by Crippen LogP contribution is -2.43. The fraction of sp³-hybridized carbons (Fsp3) is 0.600. The van der Waals surface area contributed by atoms with Gasteiger partial charge in [0.15, 0.2) is 16.7 Å². The van der Waals surface area contributed by atoms with Crippen LogP contribution in [0.5, 0.6) is 5.75 Å². The summed E-state index contributed by atoms with van der Waals surface area (Å²) in [4.78, 5) is 10.4. The predicted octanol–water partition coefficient (Wildman–Crippen LogP) is 2.13. The topological polar surface area (TPSA) is 38.3 Å². The van der Waals surface area contributed by atoms with Crippen molar-refractivity contribution in [2.24, 2.45) is 0 Å². The predicted molar refractivity (Wildman–Crippen MR) is 59.6 cm³/mol. The number of aromatic nitrogens is 2. The minimum absolute atomic E-state index is 0.383. The van der Waals surface area contributed by atoms with Crippen LogP contribution >= 0.6 is 11.6 Å². The van der Waals surface area contributed by atoms with Gasteiger partial charge in [0.1, 0.15) is 12.9 Å². The van der Waals surface area contributed by atoms with E-state index in [2.05, 4.69) is 28.7 Å². The Bertz CT molecular complexity index is 359. The quantitative estimate of drug-likeness (QED) is 0.726. The maximum Gasteiger partial charge on any atom is 0.199 e. The second-order valence-corrected chi connectivity index (χ2v) is 3.83. The molecule has 1 aliphatic heterocycles. The Morgan fingerprint density at radius 3 is 3.00 bits per heavy atom. The van der Waals surface area contributed by atoms with Crippen molar-refractivity contribution in [2.75, 3.05) is 18.1 Å². The molecule has 5 heteroatoms. The van der Waals surface area contributed by atoms with E-state index in [1.54, 1.807) is 0 Å². The van der Waals surface area contributed by atoms with Crippen LogP contribution in [0.2, 0.25) is 5.15 Å². The van der Waals surface area contributed by atoms with Crippen molar-refractivity contribution in [3.63, 3.8) is 0 Å². The van der Waals surface area contributed by atoms with Crippen LogP contribution in [0.4, 0.5) is 5.82 Å². The fourth-order valence-electron chi connectivity index (χ4n) is 1.86. The molecule has 0 fully saturated rings. The summed E-state index contributed by atoms with van der Waals surface area (Å²) >= 11 is 5.95. The normalized spacial score (nSPS) is 19.7. The summed E-state index contributed by atoms with van der Waals surface area (Å²) in [6.45, 7) is 5.81. The van der Waals surface area contributed by atoms with Crippen LogP contribution in [0.1, 0.15) is 20.3 Å². The molecular formula is C10H14ClN3O. The van der Waals surface area contributed by atoms with Crippen molar-refractivity contribution in [3.05, 3.63) is 11.5 Å². The van der Waals surface area contributed by atoms with E-state index in [1.807, 2.05) is 0 Å². The van der Waals surface area contributed by atoms with Gasteiger partial charge in [0.25, 0.3) is 0 Å². The maximum absolute atomic E-state index is 5.95. The molecule has 0 aliphatic carbocycles. The molecular weight excluding hydrogens is 214 g/mol. The first-order valence-electron chi connectivity index (χ1n) is 5.17. The van der Waals surface area contributed by atoms with Gasteiger partial charge in [-0.2, -0.15) is 0 Å².